The maximum atomic E-state index is 17.2. The van der Waals surface area contributed by atoms with E-state index in [-0.39, 0.29) is 70.4 Å². The Morgan fingerprint density at radius 1 is 0.879 bits per heavy atom. The number of hydrogen-bond acceptors (Lipinski definition) is 10. The Morgan fingerprint density at radius 3 is 2.27 bits per heavy atom. The van der Waals surface area contributed by atoms with Crippen LogP contribution in [-0.2, 0) is 14.3 Å². The largest absolute Gasteiger partial charge is 0.508 e. The van der Waals surface area contributed by atoms with E-state index in [1.165, 1.54) is 88.5 Å². The van der Waals surface area contributed by atoms with Gasteiger partial charge in [-0.1, -0.05) is 102 Å². The highest BCUT2D eigenvalue weighted by Gasteiger charge is 2.50. The van der Waals surface area contributed by atoms with E-state index in [0.29, 0.717) is 55.5 Å². The number of unbranched alkanes of at least 4 members (excludes halogenated alkanes) is 12. The highest BCUT2D eigenvalue weighted by molar-refractivity contribution is 6.04. The lowest BCUT2D eigenvalue weighted by atomic mass is 9.93. The van der Waals surface area contributed by atoms with Crippen molar-refractivity contribution in [2.45, 2.75) is 153 Å². The number of phenols is 1. The molecule has 5 heterocycles. The van der Waals surface area contributed by atoms with Gasteiger partial charge in [-0.15, -0.1) is 6.42 Å². The Balaban J connectivity index is 0.925. The average molecular weight is 912 g/mol. The predicted octanol–water partition coefficient (Wildman–Crippen LogP) is 11.1. The van der Waals surface area contributed by atoms with Crippen LogP contribution >= 0.6 is 0 Å². The quantitative estimate of drug-likeness (QED) is 0.0375. The second kappa shape index (κ2) is 21.6. The van der Waals surface area contributed by atoms with E-state index in [1.54, 1.807) is 17.0 Å². The van der Waals surface area contributed by atoms with Crippen LogP contribution in [0.25, 0.3) is 32.8 Å². The lowest BCUT2D eigenvalue weighted by Gasteiger charge is -2.41. The summed E-state index contributed by atoms with van der Waals surface area (Å²) in [5, 5.41) is 11.8. The summed E-state index contributed by atoms with van der Waals surface area (Å²) in [7, 11) is 0. The number of anilines is 1. The summed E-state index contributed by atoms with van der Waals surface area (Å²) in [6.07, 6.45) is 23.7. The smallest absolute Gasteiger partial charge is 0.413 e. The number of carbonyl (C=O) groups is 2. The minimum atomic E-state index is -0.976. The number of carbonyl (C=O) groups excluding carboxylic acids is 2. The Kier molecular flexibility index (Phi) is 15.4. The number of halogens is 3. The third-order valence-corrected chi connectivity index (χ3v) is 14.4. The molecule has 8 rings (SSSR count). The Morgan fingerprint density at radius 2 is 1.58 bits per heavy atom. The number of hydrogen-bond donors (Lipinski definition) is 1. The maximum absolute atomic E-state index is 17.2. The summed E-state index contributed by atoms with van der Waals surface area (Å²) in [5.74, 6) is 0.849. The molecule has 11 nitrogen and oxygen atoms in total. The predicted molar refractivity (Wildman–Crippen MR) is 249 cm³/mol. The van der Waals surface area contributed by atoms with E-state index >= 15 is 8.78 Å². The van der Waals surface area contributed by atoms with Crippen molar-refractivity contribution < 1.29 is 42.1 Å². The zero-order valence-electron chi connectivity index (χ0n) is 38.3. The van der Waals surface area contributed by atoms with Crippen LogP contribution in [0.5, 0.6) is 11.8 Å². The molecule has 4 atom stereocenters. The lowest BCUT2D eigenvalue weighted by molar-refractivity contribution is -0.152. The van der Waals surface area contributed by atoms with Gasteiger partial charge in [-0.05, 0) is 73.9 Å². The van der Waals surface area contributed by atoms with Gasteiger partial charge in [0, 0.05) is 48.8 Å². The standard InChI is InChI=1S/C52H64F3N5O6/c1-3-5-6-7-8-9-10-11-12-13-14-15-16-18-45(62)65-34-66-51(63)60-37-20-21-38(60)32-58(31-37)49-42-23-22-41(43-28-39(61)27-35-19-24-44(54)40(4-2)46(35)43)47(55)48(42)56-50(57-49)64-33-52-25-17-26-59(52)30-36(53)29-52/h2,19,22-24,27-28,36-38,61H,3,5-18,20-21,25-26,29-34H2,1H3/t36-,37?,38?,52+/m1/s1. The summed E-state index contributed by atoms with van der Waals surface area (Å²) in [6, 6.07) is 8.11. The molecule has 4 fully saturated rings. The van der Waals surface area contributed by atoms with Crippen molar-refractivity contribution >= 4 is 39.6 Å². The topological polar surface area (TPSA) is 118 Å². The highest BCUT2D eigenvalue weighted by atomic mass is 19.1. The third kappa shape index (κ3) is 10.5. The number of aromatic hydroxyl groups is 1. The second-order valence-electron chi connectivity index (χ2n) is 18.9. The van der Waals surface area contributed by atoms with Crippen molar-refractivity contribution in [2.75, 3.05) is 44.5 Å². The summed E-state index contributed by atoms with van der Waals surface area (Å²) >= 11 is 0. The van der Waals surface area contributed by atoms with E-state index in [4.69, 9.17) is 25.6 Å². The zero-order valence-corrected chi connectivity index (χ0v) is 38.3. The third-order valence-electron chi connectivity index (χ3n) is 14.4. The molecule has 2 unspecified atom stereocenters. The summed E-state index contributed by atoms with van der Waals surface area (Å²) in [5.41, 5.74) is -0.411. The van der Waals surface area contributed by atoms with Gasteiger partial charge in [0.15, 0.2) is 5.82 Å². The van der Waals surface area contributed by atoms with Crippen LogP contribution in [0.3, 0.4) is 0 Å². The highest BCUT2D eigenvalue weighted by Crippen LogP contribution is 2.43. The van der Waals surface area contributed by atoms with Gasteiger partial charge in [0.05, 0.1) is 23.2 Å². The first-order chi connectivity index (χ1) is 32.1. The van der Waals surface area contributed by atoms with E-state index in [1.807, 2.05) is 4.90 Å². The van der Waals surface area contributed by atoms with E-state index < -0.39 is 36.2 Å². The number of aromatic nitrogens is 2. The van der Waals surface area contributed by atoms with Gasteiger partial charge in [0.1, 0.15) is 35.7 Å². The number of nitrogens with zero attached hydrogens (tertiary/aromatic N) is 5. The molecule has 1 N–H and O–H groups in total. The van der Waals surface area contributed by atoms with Crippen LogP contribution < -0.4 is 9.64 Å². The number of esters is 1. The average Bonchev–Trinajstić information content (AvgIpc) is 3.93. The number of rotatable bonds is 21. The molecule has 0 spiro atoms. The fraction of sp³-hybridized carbons (Fsp3) is 0.577. The molecular formula is C52H64F3N5O6. The molecular weight excluding hydrogens is 848 g/mol. The maximum Gasteiger partial charge on any atom is 0.413 e. The molecule has 66 heavy (non-hydrogen) atoms. The van der Waals surface area contributed by atoms with E-state index in [9.17, 15) is 19.1 Å². The SMILES string of the molecule is C#Cc1c(F)ccc2cc(O)cc(-c3ccc4c(N5CC6CCC(C5)N6C(=O)OCOC(=O)CCCCCCCCCCCCCCC)nc(OC[C@@]56CCCN5C[C@H](F)C6)nc4c3F)c12. The molecule has 354 valence electrons. The van der Waals surface area contributed by atoms with Crippen LogP contribution in [-0.4, -0.2) is 100 Å². The fourth-order valence-electron chi connectivity index (χ4n) is 11.0. The number of amides is 1. The van der Waals surface area contributed by atoms with Crippen molar-refractivity contribution in [1.29, 1.82) is 0 Å². The summed E-state index contributed by atoms with van der Waals surface area (Å²) in [4.78, 5) is 41.3. The molecule has 4 aliphatic heterocycles. The zero-order chi connectivity index (χ0) is 46.2. The van der Waals surface area contributed by atoms with Crippen LogP contribution in [0, 0.1) is 24.0 Å². The van der Waals surface area contributed by atoms with Crippen LogP contribution in [0.2, 0.25) is 0 Å². The first-order valence-electron chi connectivity index (χ1n) is 24.4. The number of phenolic OH excluding ortho intramolecular Hbond substituents is 1. The van der Waals surface area contributed by atoms with Gasteiger partial charge in [0.2, 0.25) is 6.79 Å². The Hall–Kier alpha value is -5.29. The molecule has 2 bridgehead atoms. The molecule has 14 heteroatoms. The van der Waals surface area contributed by atoms with Crippen LogP contribution in [0.1, 0.15) is 134 Å². The van der Waals surface area contributed by atoms with Crippen molar-refractivity contribution in [3.63, 3.8) is 0 Å². The normalized spacial score (nSPS) is 21.4. The van der Waals surface area contributed by atoms with Gasteiger partial charge >= 0.3 is 18.1 Å². The van der Waals surface area contributed by atoms with Gasteiger partial charge in [-0.2, -0.15) is 9.97 Å². The van der Waals surface area contributed by atoms with Crippen LogP contribution in [0.15, 0.2) is 36.4 Å². The van der Waals surface area contributed by atoms with Gasteiger partial charge in [0.25, 0.3) is 0 Å². The molecule has 4 saturated heterocycles. The second-order valence-corrected chi connectivity index (χ2v) is 18.9. The summed E-state index contributed by atoms with van der Waals surface area (Å²) in [6.45, 7) is 3.71. The molecule has 4 aliphatic rings. The van der Waals surface area contributed by atoms with Crippen molar-refractivity contribution in [1.82, 2.24) is 19.8 Å². The lowest BCUT2D eigenvalue weighted by Crippen LogP contribution is -2.56. The van der Waals surface area contributed by atoms with Gasteiger partial charge in [-0.25, -0.2) is 18.0 Å². The number of ether oxygens (including phenoxy) is 3. The number of fused-ring (bicyclic) bond motifs is 5. The minimum Gasteiger partial charge on any atom is -0.508 e. The molecule has 4 aromatic rings. The number of piperazine rings is 1. The molecule has 0 radical (unpaired) electrons. The van der Waals surface area contributed by atoms with Gasteiger partial charge < -0.3 is 24.2 Å². The Labute approximate surface area is 386 Å². The first kappa shape index (κ1) is 47.2. The van der Waals surface area contributed by atoms with Crippen molar-refractivity contribution in [3.05, 3.63) is 53.6 Å². The monoisotopic (exact) mass is 911 g/mol. The number of alkyl halides is 1. The molecule has 1 aromatic heterocycles. The van der Waals surface area contributed by atoms with E-state index in [0.717, 1.165) is 38.6 Å². The minimum absolute atomic E-state index is 0.0374. The molecule has 1 amide bonds. The van der Waals surface area contributed by atoms with Crippen molar-refractivity contribution in [3.8, 4) is 35.2 Å². The first-order valence-corrected chi connectivity index (χ1v) is 24.4. The Bertz CT molecular complexity index is 2400. The molecule has 0 aliphatic carbocycles. The van der Waals surface area contributed by atoms with Crippen molar-refractivity contribution in [2.24, 2.45) is 0 Å². The molecule has 3 aromatic carbocycles. The summed E-state index contributed by atoms with van der Waals surface area (Å²) < 4.78 is 64.1. The van der Waals surface area contributed by atoms with Crippen LogP contribution in [0.4, 0.5) is 23.8 Å². The molecule has 0 saturated carbocycles. The van der Waals surface area contributed by atoms with E-state index in [2.05, 4.69) is 22.7 Å². The number of terminal acetylenes is 1. The number of benzene rings is 3. The fourth-order valence-corrected chi connectivity index (χ4v) is 11.0. The van der Waals surface area contributed by atoms with Gasteiger partial charge in [-0.3, -0.25) is 14.6 Å².